The van der Waals surface area contributed by atoms with Crippen LogP contribution >= 0.6 is 0 Å². The highest BCUT2D eigenvalue weighted by atomic mass is 16.5. The number of carbonyl (C=O) groups is 3. The number of amides is 2. The quantitative estimate of drug-likeness (QED) is 0.683. The summed E-state index contributed by atoms with van der Waals surface area (Å²) in [7, 11) is 0. The number of aliphatic carboxylic acids is 1. The lowest BCUT2D eigenvalue weighted by atomic mass is 10.1. The van der Waals surface area contributed by atoms with Crippen molar-refractivity contribution in [3.8, 4) is 5.75 Å². The average Bonchev–Trinajstić information content (AvgIpc) is 3.04. The van der Waals surface area contributed by atoms with Gasteiger partial charge in [-0.3, -0.25) is 19.7 Å². The van der Waals surface area contributed by atoms with Crippen molar-refractivity contribution in [3.63, 3.8) is 0 Å². The minimum Gasteiger partial charge on any atom is -0.481 e. The maximum atomic E-state index is 12.5. The zero-order valence-electron chi connectivity index (χ0n) is 15.3. The van der Waals surface area contributed by atoms with Crippen molar-refractivity contribution in [2.45, 2.75) is 19.1 Å². The molecule has 9 nitrogen and oxygen atoms in total. The van der Waals surface area contributed by atoms with Crippen molar-refractivity contribution < 1.29 is 24.2 Å². The first-order valence-electron chi connectivity index (χ1n) is 8.99. The Morgan fingerprint density at radius 3 is 2.76 bits per heavy atom. The molecule has 0 radical (unpaired) electrons. The molecule has 2 aromatic carbocycles. The highest BCUT2D eigenvalue weighted by Crippen LogP contribution is 2.31. The van der Waals surface area contributed by atoms with Crippen LogP contribution in [0.25, 0.3) is 0 Å². The van der Waals surface area contributed by atoms with E-state index in [0.29, 0.717) is 29.6 Å². The van der Waals surface area contributed by atoms with Crippen molar-refractivity contribution in [1.82, 2.24) is 10.2 Å². The molecule has 1 fully saturated rings. The molecule has 2 heterocycles. The van der Waals surface area contributed by atoms with Gasteiger partial charge in [0.05, 0.1) is 12.1 Å². The molecule has 4 rings (SSSR count). The van der Waals surface area contributed by atoms with Crippen LogP contribution in [0, 0.1) is 0 Å². The van der Waals surface area contributed by atoms with E-state index >= 15 is 0 Å². The summed E-state index contributed by atoms with van der Waals surface area (Å²) >= 11 is 0. The number of carboxylic acid groups (broad SMARTS) is 1. The van der Waals surface area contributed by atoms with Crippen LogP contribution < -0.4 is 15.4 Å². The van der Waals surface area contributed by atoms with Gasteiger partial charge in [0.15, 0.2) is 6.10 Å². The van der Waals surface area contributed by atoms with E-state index in [-0.39, 0.29) is 12.5 Å². The van der Waals surface area contributed by atoms with Gasteiger partial charge in [-0.05, 0) is 23.8 Å². The van der Waals surface area contributed by atoms with E-state index < -0.39 is 24.4 Å². The van der Waals surface area contributed by atoms with Gasteiger partial charge in [0, 0.05) is 18.3 Å². The minimum atomic E-state index is -1.22. The number of aliphatic imine (C=N–C) groups is 1. The lowest BCUT2D eigenvalue weighted by Gasteiger charge is -2.23. The van der Waals surface area contributed by atoms with Gasteiger partial charge in [-0.2, -0.15) is 0 Å². The number of hydrogen-bond donors (Lipinski definition) is 3. The first-order chi connectivity index (χ1) is 14.0. The van der Waals surface area contributed by atoms with Crippen LogP contribution in [0.1, 0.15) is 12.0 Å². The Morgan fingerprint density at radius 1 is 1.21 bits per heavy atom. The van der Waals surface area contributed by atoms with Crippen LogP contribution in [0.4, 0.5) is 11.4 Å². The molecular weight excluding hydrogens is 376 g/mol. The van der Waals surface area contributed by atoms with Crippen molar-refractivity contribution in [1.29, 1.82) is 0 Å². The third-order valence-corrected chi connectivity index (χ3v) is 4.50. The number of para-hydroxylation sites is 1. The fraction of sp³-hybridized carbons (Fsp3) is 0.200. The number of anilines is 1. The zero-order chi connectivity index (χ0) is 20.4. The summed E-state index contributed by atoms with van der Waals surface area (Å²) < 4.78 is 5.69. The van der Waals surface area contributed by atoms with Gasteiger partial charge in [-0.15, -0.1) is 0 Å². The molecule has 2 amide bonds. The standard InChI is InChI=1S/C20H18N4O5/c25-17-11-24-10-12-6-7-14(8-15(12)22-20(24)23-17)29-16(9-18(26)27)19(28)21-13-4-2-1-3-5-13/h1-8,16H,9-11H2,(H,21,28)(H,26,27)(H,22,23,25). The highest BCUT2D eigenvalue weighted by molar-refractivity contribution is 6.05. The number of nitrogens with zero attached hydrogens (tertiary/aromatic N) is 2. The summed E-state index contributed by atoms with van der Waals surface area (Å²) in [5, 5.41) is 14.5. The monoisotopic (exact) mass is 394 g/mol. The Morgan fingerprint density at radius 2 is 2.00 bits per heavy atom. The Balaban J connectivity index is 1.53. The first kappa shape index (κ1) is 18.5. The van der Waals surface area contributed by atoms with Crippen LogP contribution in [-0.4, -0.2) is 46.4 Å². The maximum absolute atomic E-state index is 12.5. The second kappa shape index (κ2) is 7.63. The van der Waals surface area contributed by atoms with E-state index in [1.807, 2.05) is 11.0 Å². The molecule has 0 bridgehead atoms. The van der Waals surface area contributed by atoms with E-state index in [4.69, 9.17) is 9.84 Å². The number of fused-ring (bicyclic) bond motifs is 2. The Hall–Kier alpha value is -3.88. The number of benzene rings is 2. The van der Waals surface area contributed by atoms with Crippen LogP contribution in [0.15, 0.2) is 53.5 Å². The second-order valence-electron chi connectivity index (χ2n) is 6.69. The summed E-state index contributed by atoms with van der Waals surface area (Å²) in [6.07, 6.45) is -1.71. The second-order valence-corrected chi connectivity index (χ2v) is 6.69. The van der Waals surface area contributed by atoms with Gasteiger partial charge in [0.1, 0.15) is 12.3 Å². The molecule has 2 aliphatic rings. The Kier molecular flexibility index (Phi) is 4.86. The van der Waals surface area contributed by atoms with Gasteiger partial charge < -0.3 is 20.1 Å². The van der Waals surface area contributed by atoms with Gasteiger partial charge in [0.25, 0.3) is 5.91 Å². The third-order valence-electron chi connectivity index (χ3n) is 4.50. The Bertz CT molecular complexity index is 1010. The normalized spacial score (nSPS) is 15.5. The molecule has 1 unspecified atom stereocenters. The van der Waals surface area contributed by atoms with E-state index in [9.17, 15) is 14.4 Å². The number of nitrogens with one attached hydrogen (secondary N) is 2. The summed E-state index contributed by atoms with van der Waals surface area (Å²) in [6, 6.07) is 13.8. The zero-order valence-corrected chi connectivity index (χ0v) is 15.3. The molecule has 3 N–H and O–H groups in total. The molecule has 0 aromatic heterocycles. The van der Waals surface area contributed by atoms with E-state index in [2.05, 4.69) is 15.6 Å². The van der Waals surface area contributed by atoms with Crippen molar-refractivity contribution in [2.75, 3.05) is 11.9 Å². The predicted molar refractivity (Wildman–Crippen MR) is 104 cm³/mol. The van der Waals surface area contributed by atoms with Crippen molar-refractivity contribution in [3.05, 3.63) is 54.1 Å². The number of hydrogen-bond acceptors (Lipinski definition) is 6. The number of carbonyl (C=O) groups excluding carboxylic acids is 2. The van der Waals surface area contributed by atoms with E-state index in [1.165, 1.54) is 0 Å². The molecule has 0 saturated carbocycles. The number of guanidine groups is 1. The van der Waals surface area contributed by atoms with Crippen LogP contribution in [0.2, 0.25) is 0 Å². The Labute approximate surface area is 166 Å². The third kappa shape index (κ3) is 4.18. The molecule has 29 heavy (non-hydrogen) atoms. The van der Waals surface area contributed by atoms with E-state index in [0.717, 1.165) is 5.56 Å². The fourth-order valence-electron chi connectivity index (χ4n) is 3.15. The van der Waals surface area contributed by atoms with E-state index in [1.54, 1.807) is 42.5 Å². The summed E-state index contributed by atoms with van der Waals surface area (Å²) in [6.45, 7) is 0.789. The summed E-state index contributed by atoms with van der Waals surface area (Å²) in [4.78, 5) is 41.5. The maximum Gasteiger partial charge on any atom is 0.307 e. The largest absolute Gasteiger partial charge is 0.481 e. The van der Waals surface area contributed by atoms with Gasteiger partial charge in [-0.25, -0.2) is 4.99 Å². The van der Waals surface area contributed by atoms with Gasteiger partial charge in [-0.1, -0.05) is 24.3 Å². The van der Waals surface area contributed by atoms with Crippen LogP contribution in [0.3, 0.4) is 0 Å². The van der Waals surface area contributed by atoms with Gasteiger partial charge in [0.2, 0.25) is 11.9 Å². The first-order valence-corrected chi connectivity index (χ1v) is 8.99. The van der Waals surface area contributed by atoms with Crippen LogP contribution in [0.5, 0.6) is 5.75 Å². The molecular formula is C20H18N4O5. The molecule has 0 spiro atoms. The smallest absolute Gasteiger partial charge is 0.307 e. The molecule has 148 valence electrons. The molecule has 1 saturated heterocycles. The molecule has 2 aromatic rings. The van der Waals surface area contributed by atoms with Crippen LogP contribution in [-0.2, 0) is 20.9 Å². The summed E-state index contributed by atoms with van der Waals surface area (Å²) in [5.41, 5.74) is 2.06. The van der Waals surface area contributed by atoms with Gasteiger partial charge >= 0.3 is 5.97 Å². The number of ether oxygens (including phenoxy) is 1. The highest BCUT2D eigenvalue weighted by Gasteiger charge is 2.30. The number of rotatable bonds is 6. The predicted octanol–water partition coefficient (Wildman–Crippen LogP) is 1.48. The lowest BCUT2D eigenvalue weighted by Crippen LogP contribution is -2.35. The fourth-order valence-corrected chi connectivity index (χ4v) is 3.15. The number of carboxylic acids is 1. The molecule has 9 heteroatoms. The minimum absolute atomic E-state index is 0.118. The van der Waals surface area contributed by atoms with Crippen molar-refractivity contribution >= 4 is 35.1 Å². The topological polar surface area (TPSA) is 120 Å². The average molecular weight is 394 g/mol. The molecule has 2 aliphatic heterocycles. The van der Waals surface area contributed by atoms with Crippen molar-refractivity contribution in [2.24, 2.45) is 4.99 Å². The molecule has 0 aliphatic carbocycles. The SMILES string of the molecule is O=C(O)CC(Oc1ccc2c(c1)N=C1NC(=O)CN1C2)C(=O)Nc1ccccc1. The molecule has 1 atom stereocenters. The lowest BCUT2D eigenvalue weighted by molar-refractivity contribution is -0.141. The summed E-state index contributed by atoms with van der Waals surface area (Å²) in [5.74, 6) is -1.03.